The number of anilines is 1. The summed E-state index contributed by atoms with van der Waals surface area (Å²) in [7, 11) is 0. The van der Waals surface area contributed by atoms with Crippen LogP contribution in [0, 0.1) is 12.7 Å². The van der Waals surface area contributed by atoms with Crippen molar-refractivity contribution in [1.29, 1.82) is 0 Å². The molecule has 0 amide bonds. The molecule has 0 fully saturated rings. The molecule has 0 atom stereocenters. The van der Waals surface area contributed by atoms with Crippen LogP contribution in [0.4, 0.5) is 10.2 Å². The summed E-state index contributed by atoms with van der Waals surface area (Å²) in [6, 6.07) is 5.23. The number of hydrogen-bond acceptors (Lipinski definition) is 4. The molecule has 3 N–H and O–H groups in total. The number of aromatic nitrogens is 2. The molecule has 19 heavy (non-hydrogen) atoms. The summed E-state index contributed by atoms with van der Waals surface area (Å²) in [4.78, 5) is 8.07. The maximum atomic E-state index is 13.5. The van der Waals surface area contributed by atoms with Crippen molar-refractivity contribution in [2.24, 2.45) is 5.84 Å². The van der Waals surface area contributed by atoms with Crippen molar-refractivity contribution in [3.05, 3.63) is 51.1 Å². The van der Waals surface area contributed by atoms with E-state index in [1.54, 1.807) is 19.1 Å². The number of nitrogens with one attached hydrogen (secondary N) is 1. The van der Waals surface area contributed by atoms with Gasteiger partial charge in [-0.25, -0.2) is 20.2 Å². The highest BCUT2D eigenvalue weighted by Crippen LogP contribution is 2.24. The predicted molar refractivity (Wildman–Crippen MR) is 73.8 cm³/mol. The number of nitrogens with zero attached hydrogens (tertiary/aromatic N) is 2. The largest absolute Gasteiger partial charge is 0.306 e. The smallest absolute Gasteiger partial charge is 0.187 e. The van der Waals surface area contributed by atoms with E-state index in [0.29, 0.717) is 22.3 Å². The second kappa shape index (κ2) is 5.69. The molecule has 0 unspecified atom stereocenters. The molecule has 1 aromatic heterocycles. The third-order valence-electron chi connectivity index (χ3n) is 2.55. The summed E-state index contributed by atoms with van der Waals surface area (Å²) < 4.78 is 13.5. The van der Waals surface area contributed by atoms with Crippen LogP contribution in [0.25, 0.3) is 0 Å². The first kappa shape index (κ1) is 14.0. The first-order valence-corrected chi connectivity index (χ1v) is 6.20. The SMILES string of the molecule is Cc1nc(Cc2ccc(Cl)c(Cl)c2)nc(NN)c1F. The molecule has 100 valence electrons. The summed E-state index contributed by atoms with van der Waals surface area (Å²) in [5.41, 5.74) is 3.32. The molecule has 2 aromatic rings. The lowest BCUT2D eigenvalue weighted by Crippen LogP contribution is -2.14. The Morgan fingerprint density at radius 1 is 1.26 bits per heavy atom. The molecule has 2 rings (SSSR count). The molecule has 0 aliphatic carbocycles. The van der Waals surface area contributed by atoms with E-state index in [2.05, 4.69) is 15.4 Å². The fourth-order valence-corrected chi connectivity index (χ4v) is 1.94. The molecule has 0 saturated carbocycles. The Bertz CT molecular complexity index is 619. The summed E-state index contributed by atoms with van der Waals surface area (Å²) in [6.07, 6.45) is 0.409. The standard InChI is InChI=1S/C12H11Cl2FN4/c1-6-11(15)12(19-16)18-10(17-6)5-7-2-3-8(13)9(14)4-7/h2-4H,5,16H2,1H3,(H,17,18,19). The monoisotopic (exact) mass is 300 g/mol. The molecule has 0 bridgehead atoms. The van der Waals surface area contributed by atoms with E-state index in [1.165, 1.54) is 0 Å². The summed E-state index contributed by atoms with van der Waals surface area (Å²) in [6.45, 7) is 1.55. The number of nitrogens with two attached hydrogens (primary N) is 1. The first-order chi connectivity index (χ1) is 9.01. The zero-order valence-electron chi connectivity index (χ0n) is 10.0. The minimum absolute atomic E-state index is 0.0254. The number of nitrogen functional groups attached to an aromatic ring is 1. The second-order valence-corrected chi connectivity index (χ2v) is 4.77. The highest BCUT2D eigenvalue weighted by atomic mass is 35.5. The maximum absolute atomic E-state index is 13.5. The second-order valence-electron chi connectivity index (χ2n) is 3.96. The van der Waals surface area contributed by atoms with E-state index in [0.717, 1.165) is 5.56 Å². The zero-order valence-corrected chi connectivity index (χ0v) is 11.6. The van der Waals surface area contributed by atoms with Gasteiger partial charge in [0, 0.05) is 6.42 Å². The van der Waals surface area contributed by atoms with E-state index in [-0.39, 0.29) is 11.5 Å². The lowest BCUT2D eigenvalue weighted by atomic mass is 10.1. The third-order valence-corrected chi connectivity index (χ3v) is 3.29. The van der Waals surface area contributed by atoms with Crippen molar-refractivity contribution in [3.63, 3.8) is 0 Å². The summed E-state index contributed by atoms with van der Waals surface area (Å²) in [5, 5.41) is 0.932. The van der Waals surface area contributed by atoms with E-state index in [9.17, 15) is 4.39 Å². The van der Waals surface area contributed by atoms with E-state index < -0.39 is 5.82 Å². The van der Waals surface area contributed by atoms with Crippen molar-refractivity contribution in [1.82, 2.24) is 9.97 Å². The Hall–Kier alpha value is -1.43. The number of rotatable bonds is 3. The highest BCUT2D eigenvalue weighted by molar-refractivity contribution is 6.42. The van der Waals surface area contributed by atoms with E-state index >= 15 is 0 Å². The average Bonchev–Trinajstić information content (AvgIpc) is 2.38. The minimum atomic E-state index is -0.555. The Morgan fingerprint density at radius 3 is 2.63 bits per heavy atom. The Labute approximate surface area is 119 Å². The van der Waals surface area contributed by atoms with Crippen molar-refractivity contribution in [3.8, 4) is 0 Å². The topological polar surface area (TPSA) is 63.8 Å². The molecular weight excluding hydrogens is 290 g/mol. The third kappa shape index (κ3) is 3.12. The van der Waals surface area contributed by atoms with Crippen LogP contribution >= 0.6 is 23.2 Å². The van der Waals surface area contributed by atoms with Gasteiger partial charge in [-0.2, -0.15) is 0 Å². The van der Waals surface area contributed by atoms with Gasteiger partial charge < -0.3 is 5.43 Å². The van der Waals surface area contributed by atoms with Crippen LogP contribution < -0.4 is 11.3 Å². The number of aryl methyl sites for hydroxylation is 1. The normalized spacial score (nSPS) is 10.6. The molecule has 4 nitrogen and oxygen atoms in total. The minimum Gasteiger partial charge on any atom is -0.306 e. The molecule has 7 heteroatoms. The quantitative estimate of drug-likeness (QED) is 0.675. The summed E-state index contributed by atoms with van der Waals surface area (Å²) >= 11 is 11.8. The van der Waals surface area contributed by atoms with Gasteiger partial charge in [-0.3, -0.25) is 0 Å². The van der Waals surface area contributed by atoms with Crippen LogP contribution in [0.15, 0.2) is 18.2 Å². The van der Waals surface area contributed by atoms with E-state index in [1.807, 2.05) is 6.07 Å². The molecular formula is C12H11Cl2FN4. The number of hydrogen-bond donors (Lipinski definition) is 2. The molecule has 1 heterocycles. The number of benzene rings is 1. The van der Waals surface area contributed by atoms with Crippen molar-refractivity contribution >= 4 is 29.0 Å². The van der Waals surface area contributed by atoms with Gasteiger partial charge in [0.05, 0.1) is 15.7 Å². The first-order valence-electron chi connectivity index (χ1n) is 5.45. The van der Waals surface area contributed by atoms with Crippen LogP contribution in [0.3, 0.4) is 0 Å². The van der Waals surface area contributed by atoms with Crippen molar-refractivity contribution in [2.75, 3.05) is 5.43 Å². The van der Waals surface area contributed by atoms with Gasteiger partial charge in [0.2, 0.25) is 0 Å². The molecule has 0 spiro atoms. The van der Waals surface area contributed by atoms with Gasteiger partial charge in [0.1, 0.15) is 5.82 Å². The van der Waals surface area contributed by atoms with Crippen molar-refractivity contribution in [2.45, 2.75) is 13.3 Å². The number of halogens is 3. The van der Waals surface area contributed by atoms with Crippen LogP contribution in [-0.4, -0.2) is 9.97 Å². The van der Waals surface area contributed by atoms with Gasteiger partial charge in [0.25, 0.3) is 0 Å². The zero-order chi connectivity index (χ0) is 14.0. The van der Waals surface area contributed by atoms with E-state index in [4.69, 9.17) is 29.0 Å². The van der Waals surface area contributed by atoms with Gasteiger partial charge >= 0.3 is 0 Å². The molecule has 0 saturated heterocycles. The van der Waals surface area contributed by atoms with Gasteiger partial charge in [0.15, 0.2) is 11.6 Å². The fourth-order valence-electron chi connectivity index (χ4n) is 1.62. The Kier molecular flexibility index (Phi) is 4.19. The molecule has 0 radical (unpaired) electrons. The lowest BCUT2D eigenvalue weighted by molar-refractivity contribution is 0.601. The molecule has 1 aromatic carbocycles. The van der Waals surface area contributed by atoms with Crippen LogP contribution in [-0.2, 0) is 6.42 Å². The lowest BCUT2D eigenvalue weighted by Gasteiger charge is -2.07. The van der Waals surface area contributed by atoms with Crippen LogP contribution in [0.1, 0.15) is 17.1 Å². The van der Waals surface area contributed by atoms with Crippen LogP contribution in [0.5, 0.6) is 0 Å². The average molecular weight is 301 g/mol. The van der Waals surface area contributed by atoms with Gasteiger partial charge in [-0.1, -0.05) is 29.3 Å². The summed E-state index contributed by atoms with van der Waals surface area (Å²) in [5.74, 6) is 5.08. The van der Waals surface area contributed by atoms with Crippen LogP contribution in [0.2, 0.25) is 10.0 Å². The number of hydrazine groups is 1. The fraction of sp³-hybridized carbons (Fsp3) is 0.167. The highest BCUT2D eigenvalue weighted by Gasteiger charge is 2.11. The van der Waals surface area contributed by atoms with Gasteiger partial charge in [-0.05, 0) is 24.6 Å². The van der Waals surface area contributed by atoms with Gasteiger partial charge in [-0.15, -0.1) is 0 Å². The maximum Gasteiger partial charge on any atom is 0.187 e. The Morgan fingerprint density at radius 2 is 2.00 bits per heavy atom. The Balaban J connectivity index is 2.32. The van der Waals surface area contributed by atoms with Crippen molar-refractivity contribution < 1.29 is 4.39 Å². The molecule has 0 aliphatic rings. The molecule has 0 aliphatic heterocycles. The predicted octanol–water partition coefficient (Wildman–Crippen LogP) is 3.11.